The van der Waals surface area contributed by atoms with E-state index in [0.717, 1.165) is 22.2 Å². The smallest absolute Gasteiger partial charge is 0.231 e. The van der Waals surface area contributed by atoms with E-state index in [2.05, 4.69) is 15.5 Å². The maximum Gasteiger partial charge on any atom is 0.231 e. The molecule has 0 aliphatic carbocycles. The monoisotopic (exact) mass is 306 g/mol. The van der Waals surface area contributed by atoms with Crippen molar-refractivity contribution < 1.29 is 4.79 Å². The first kappa shape index (κ1) is 15.1. The third-order valence-corrected chi connectivity index (χ3v) is 3.76. The molecule has 0 aliphatic rings. The maximum absolute atomic E-state index is 12.6. The highest BCUT2D eigenvalue weighted by Crippen LogP contribution is 2.23. The molecule has 116 valence electrons. The van der Waals surface area contributed by atoms with Crippen LogP contribution in [0.3, 0.4) is 0 Å². The second kappa shape index (κ2) is 6.98. The van der Waals surface area contributed by atoms with E-state index in [4.69, 9.17) is 5.73 Å². The van der Waals surface area contributed by atoms with Gasteiger partial charge in [-0.3, -0.25) is 4.79 Å². The Morgan fingerprint density at radius 1 is 1.13 bits per heavy atom. The summed E-state index contributed by atoms with van der Waals surface area (Å²) in [6.07, 6.45) is 2.24. The number of nitrogens with zero attached hydrogens (tertiary/aromatic N) is 2. The average molecular weight is 306 g/mol. The van der Waals surface area contributed by atoms with E-state index in [0.29, 0.717) is 13.0 Å². The van der Waals surface area contributed by atoms with Gasteiger partial charge in [-0.1, -0.05) is 30.3 Å². The van der Waals surface area contributed by atoms with Crippen molar-refractivity contribution >= 4 is 22.5 Å². The standard InChI is InChI=1S/C18H18N4O/c19-10-8-16(13-4-2-1-3-5-13)18(23)21-15-6-7-17-14(12-15)9-11-20-22-17/h1-7,9,11-12,16H,8,10,19H2,(H,21,23). The molecule has 0 saturated carbocycles. The molecule has 3 N–H and O–H groups in total. The molecule has 1 aromatic heterocycles. The molecule has 3 rings (SSSR count). The number of aromatic nitrogens is 2. The van der Waals surface area contributed by atoms with Gasteiger partial charge in [0.05, 0.1) is 17.6 Å². The fraction of sp³-hybridized carbons (Fsp3) is 0.167. The average Bonchev–Trinajstić information content (AvgIpc) is 2.60. The van der Waals surface area contributed by atoms with Crippen molar-refractivity contribution in [2.24, 2.45) is 5.73 Å². The minimum atomic E-state index is -0.257. The Balaban J connectivity index is 1.82. The van der Waals surface area contributed by atoms with Crippen molar-refractivity contribution in [3.05, 3.63) is 66.4 Å². The van der Waals surface area contributed by atoms with E-state index in [1.807, 2.05) is 54.6 Å². The summed E-state index contributed by atoms with van der Waals surface area (Å²) >= 11 is 0. The van der Waals surface area contributed by atoms with Crippen molar-refractivity contribution in [2.75, 3.05) is 11.9 Å². The molecular weight excluding hydrogens is 288 g/mol. The molecule has 3 aromatic rings. The van der Waals surface area contributed by atoms with Crippen LogP contribution in [0.5, 0.6) is 0 Å². The highest BCUT2D eigenvalue weighted by atomic mass is 16.1. The molecule has 2 aromatic carbocycles. The van der Waals surface area contributed by atoms with Crippen LogP contribution in [0.4, 0.5) is 5.69 Å². The molecule has 5 nitrogen and oxygen atoms in total. The van der Waals surface area contributed by atoms with Crippen molar-refractivity contribution in [3.8, 4) is 0 Å². The molecule has 0 bridgehead atoms. The number of hydrogen-bond acceptors (Lipinski definition) is 4. The minimum absolute atomic E-state index is 0.0528. The topological polar surface area (TPSA) is 80.9 Å². The van der Waals surface area contributed by atoms with E-state index < -0.39 is 0 Å². The van der Waals surface area contributed by atoms with Crippen LogP contribution >= 0.6 is 0 Å². The summed E-state index contributed by atoms with van der Waals surface area (Å²) in [5.41, 5.74) is 8.19. The van der Waals surface area contributed by atoms with Crippen molar-refractivity contribution in [1.82, 2.24) is 10.2 Å². The first-order valence-corrected chi connectivity index (χ1v) is 7.55. The zero-order valence-corrected chi connectivity index (χ0v) is 12.6. The summed E-state index contributed by atoms with van der Waals surface area (Å²) < 4.78 is 0. The lowest BCUT2D eigenvalue weighted by Gasteiger charge is -2.16. The molecule has 1 amide bonds. The molecule has 1 heterocycles. The predicted molar refractivity (Wildman–Crippen MR) is 91.0 cm³/mol. The van der Waals surface area contributed by atoms with Gasteiger partial charge in [0.1, 0.15) is 0 Å². The minimum Gasteiger partial charge on any atom is -0.330 e. The number of anilines is 1. The molecule has 0 aliphatic heterocycles. The van der Waals surface area contributed by atoms with Gasteiger partial charge in [0.25, 0.3) is 0 Å². The van der Waals surface area contributed by atoms with Gasteiger partial charge in [-0.2, -0.15) is 10.2 Å². The Morgan fingerprint density at radius 3 is 2.74 bits per heavy atom. The summed E-state index contributed by atoms with van der Waals surface area (Å²) in [6, 6.07) is 17.1. The van der Waals surface area contributed by atoms with Crippen LogP contribution in [0.15, 0.2) is 60.8 Å². The molecule has 0 fully saturated rings. The lowest BCUT2D eigenvalue weighted by molar-refractivity contribution is -0.117. The maximum atomic E-state index is 12.6. The van der Waals surface area contributed by atoms with Gasteiger partial charge in [0.2, 0.25) is 5.91 Å². The zero-order valence-electron chi connectivity index (χ0n) is 12.6. The SMILES string of the molecule is NCCC(C(=O)Nc1ccc2nnccc2c1)c1ccccc1. The number of amides is 1. The van der Waals surface area contributed by atoms with Crippen LogP contribution in [-0.4, -0.2) is 22.6 Å². The number of rotatable bonds is 5. The van der Waals surface area contributed by atoms with E-state index in [-0.39, 0.29) is 11.8 Å². The summed E-state index contributed by atoms with van der Waals surface area (Å²) in [5.74, 6) is -0.310. The first-order chi connectivity index (χ1) is 11.3. The van der Waals surface area contributed by atoms with Gasteiger partial charge in [-0.15, -0.1) is 0 Å². The number of carbonyl (C=O) groups excluding carboxylic acids is 1. The summed E-state index contributed by atoms with van der Waals surface area (Å²) in [5, 5.41) is 11.8. The fourth-order valence-electron chi connectivity index (χ4n) is 2.60. The third kappa shape index (κ3) is 3.52. The van der Waals surface area contributed by atoms with Crippen LogP contribution in [-0.2, 0) is 4.79 Å². The van der Waals surface area contributed by atoms with Gasteiger partial charge in [0, 0.05) is 11.1 Å². The third-order valence-electron chi connectivity index (χ3n) is 3.76. The fourth-order valence-corrected chi connectivity index (χ4v) is 2.60. The van der Waals surface area contributed by atoms with E-state index in [1.165, 1.54) is 0 Å². The Bertz CT molecular complexity index is 804. The summed E-state index contributed by atoms with van der Waals surface area (Å²) in [6.45, 7) is 0.459. The lowest BCUT2D eigenvalue weighted by atomic mass is 9.94. The van der Waals surface area contributed by atoms with Crippen LogP contribution in [0.25, 0.3) is 10.9 Å². The second-order valence-electron chi connectivity index (χ2n) is 5.33. The Hall–Kier alpha value is -2.79. The number of carbonyl (C=O) groups is 1. The Kier molecular flexibility index (Phi) is 4.59. The highest BCUT2D eigenvalue weighted by Gasteiger charge is 2.19. The molecule has 1 atom stereocenters. The van der Waals surface area contributed by atoms with Gasteiger partial charge in [0.15, 0.2) is 0 Å². The molecule has 23 heavy (non-hydrogen) atoms. The zero-order chi connectivity index (χ0) is 16.1. The van der Waals surface area contributed by atoms with E-state index in [1.54, 1.807) is 6.20 Å². The number of nitrogens with two attached hydrogens (primary N) is 1. The lowest BCUT2D eigenvalue weighted by Crippen LogP contribution is -2.23. The van der Waals surface area contributed by atoms with Crippen LogP contribution in [0.1, 0.15) is 17.9 Å². The van der Waals surface area contributed by atoms with E-state index in [9.17, 15) is 4.79 Å². The molecule has 0 saturated heterocycles. The van der Waals surface area contributed by atoms with Crippen molar-refractivity contribution in [3.63, 3.8) is 0 Å². The molecule has 5 heteroatoms. The first-order valence-electron chi connectivity index (χ1n) is 7.55. The predicted octanol–water partition coefficient (Wildman–Crippen LogP) is 2.70. The molecule has 0 radical (unpaired) electrons. The molecular formula is C18H18N4O. The highest BCUT2D eigenvalue weighted by molar-refractivity contribution is 5.97. The number of hydrogen-bond donors (Lipinski definition) is 2. The van der Waals surface area contributed by atoms with Gasteiger partial charge >= 0.3 is 0 Å². The Morgan fingerprint density at radius 2 is 1.96 bits per heavy atom. The quantitative estimate of drug-likeness (QED) is 0.759. The normalized spacial score (nSPS) is 12.0. The number of fused-ring (bicyclic) bond motifs is 1. The number of nitrogens with one attached hydrogen (secondary N) is 1. The van der Waals surface area contributed by atoms with Crippen LogP contribution < -0.4 is 11.1 Å². The summed E-state index contributed by atoms with van der Waals surface area (Å²) in [4.78, 5) is 12.6. The van der Waals surface area contributed by atoms with Crippen molar-refractivity contribution in [2.45, 2.75) is 12.3 Å². The van der Waals surface area contributed by atoms with Crippen molar-refractivity contribution in [1.29, 1.82) is 0 Å². The van der Waals surface area contributed by atoms with Gasteiger partial charge < -0.3 is 11.1 Å². The van der Waals surface area contributed by atoms with E-state index >= 15 is 0 Å². The molecule has 1 unspecified atom stereocenters. The summed E-state index contributed by atoms with van der Waals surface area (Å²) in [7, 11) is 0. The largest absolute Gasteiger partial charge is 0.330 e. The van der Waals surface area contributed by atoms with Gasteiger partial charge in [-0.05, 0) is 42.8 Å². The Labute approximate surface area is 134 Å². The number of benzene rings is 2. The van der Waals surface area contributed by atoms with Crippen LogP contribution in [0, 0.1) is 0 Å². The molecule has 0 spiro atoms. The van der Waals surface area contributed by atoms with Gasteiger partial charge in [-0.25, -0.2) is 0 Å². The van der Waals surface area contributed by atoms with Crippen LogP contribution in [0.2, 0.25) is 0 Å². The second-order valence-corrected chi connectivity index (χ2v) is 5.33.